The molecule has 3 N–H and O–H groups in total. The molecular weight excluding hydrogens is 446 g/mol. The lowest BCUT2D eigenvalue weighted by Crippen LogP contribution is -2.31. The van der Waals surface area contributed by atoms with Crippen LogP contribution in [-0.4, -0.2) is 43.5 Å². The first-order chi connectivity index (χ1) is 15.8. The molecule has 0 saturated carbocycles. The minimum absolute atomic E-state index is 0.0124. The molecule has 2 unspecified atom stereocenters. The Labute approximate surface area is 197 Å². The van der Waals surface area contributed by atoms with Gasteiger partial charge in [-0.1, -0.05) is 44.7 Å². The van der Waals surface area contributed by atoms with Crippen LogP contribution < -0.4 is 21.3 Å². The van der Waals surface area contributed by atoms with Crippen molar-refractivity contribution in [3.63, 3.8) is 0 Å². The first-order valence-corrected chi connectivity index (χ1v) is 11.7. The van der Waals surface area contributed by atoms with E-state index in [2.05, 4.69) is 29.1 Å². The van der Waals surface area contributed by atoms with E-state index in [-0.39, 0.29) is 24.3 Å². The zero-order chi connectivity index (χ0) is 24.0. The van der Waals surface area contributed by atoms with Gasteiger partial charge in [-0.3, -0.25) is 14.3 Å². The lowest BCUT2D eigenvalue weighted by molar-refractivity contribution is 0.0938. The van der Waals surface area contributed by atoms with Crippen molar-refractivity contribution in [2.45, 2.75) is 52.2 Å². The highest BCUT2D eigenvalue weighted by molar-refractivity contribution is 6.30. The van der Waals surface area contributed by atoms with E-state index in [4.69, 9.17) is 16.3 Å². The fraction of sp³-hybridized carbons (Fsp3) is 0.522. The van der Waals surface area contributed by atoms with E-state index in [0.29, 0.717) is 29.2 Å². The fourth-order valence-corrected chi connectivity index (χ4v) is 3.84. The molecule has 0 saturated heterocycles. The number of anilines is 1. The lowest BCUT2D eigenvalue weighted by atomic mass is 9.99. The number of imidazole rings is 1. The molecule has 2 aromatic heterocycles. The molecule has 33 heavy (non-hydrogen) atoms. The Hall–Kier alpha value is -2.78. The van der Waals surface area contributed by atoms with Gasteiger partial charge >= 0.3 is 5.69 Å². The third kappa shape index (κ3) is 6.17. The Bertz CT molecular complexity index is 1170. The molecule has 0 aliphatic rings. The van der Waals surface area contributed by atoms with E-state index in [1.807, 2.05) is 0 Å². The lowest BCUT2D eigenvalue weighted by Gasteiger charge is -2.18. The molecule has 0 aliphatic carbocycles. The van der Waals surface area contributed by atoms with E-state index < -0.39 is 17.4 Å². The first kappa shape index (κ1) is 24.9. The van der Waals surface area contributed by atoms with Crippen LogP contribution in [0.4, 0.5) is 5.95 Å². The second kappa shape index (κ2) is 11.4. The van der Waals surface area contributed by atoms with Gasteiger partial charge in [0.05, 0.1) is 6.54 Å². The van der Waals surface area contributed by atoms with Crippen molar-refractivity contribution in [3.05, 3.63) is 50.1 Å². The molecule has 1 aromatic carbocycles. The summed E-state index contributed by atoms with van der Waals surface area (Å²) in [6, 6.07) is 6.85. The Morgan fingerprint density at radius 2 is 1.97 bits per heavy atom. The summed E-state index contributed by atoms with van der Waals surface area (Å²) < 4.78 is 8.57. The maximum absolute atomic E-state index is 12.6. The topological polar surface area (TPSA) is 114 Å². The van der Waals surface area contributed by atoms with Gasteiger partial charge in [-0.05, 0) is 36.6 Å². The number of rotatable bonds is 12. The second-order valence-corrected chi connectivity index (χ2v) is 8.69. The number of hydrogen-bond donors (Lipinski definition) is 3. The summed E-state index contributed by atoms with van der Waals surface area (Å²) in [6.07, 6.45) is 3.47. The van der Waals surface area contributed by atoms with E-state index in [1.54, 1.807) is 35.9 Å². The maximum Gasteiger partial charge on any atom is 0.329 e. The number of aromatic amines is 1. The van der Waals surface area contributed by atoms with Gasteiger partial charge in [-0.15, -0.1) is 0 Å². The van der Waals surface area contributed by atoms with Crippen LogP contribution in [0, 0.1) is 5.92 Å². The van der Waals surface area contributed by atoms with Crippen LogP contribution >= 0.6 is 11.6 Å². The molecule has 0 amide bonds. The number of aliphatic hydroxyl groups is 1. The fourth-order valence-electron chi connectivity index (χ4n) is 3.71. The monoisotopic (exact) mass is 477 g/mol. The van der Waals surface area contributed by atoms with Crippen molar-refractivity contribution in [1.29, 1.82) is 0 Å². The largest absolute Gasteiger partial charge is 0.491 e. The molecule has 0 radical (unpaired) electrons. The predicted octanol–water partition coefficient (Wildman–Crippen LogP) is 3.14. The van der Waals surface area contributed by atoms with Crippen LogP contribution in [0.3, 0.4) is 0 Å². The van der Waals surface area contributed by atoms with E-state index >= 15 is 0 Å². The van der Waals surface area contributed by atoms with Crippen LogP contribution in [0.2, 0.25) is 5.02 Å². The van der Waals surface area contributed by atoms with E-state index in [1.165, 1.54) is 4.57 Å². The normalized spacial score (nSPS) is 13.2. The molecule has 0 fully saturated rings. The number of ether oxygens (including phenoxy) is 1. The number of fused-ring (bicyclic) bond motifs is 1. The van der Waals surface area contributed by atoms with Gasteiger partial charge in [-0.25, -0.2) is 4.79 Å². The molecule has 3 rings (SSSR count). The van der Waals surface area contributed by atoms with Crippen molar-refractivity contribution in [3.8, 4) is 5.75 Å². The molecule has 180 valence electrons. The Morgan fingerprint density at radius 3 is 2.64 bits per heavy atom. The molecule has 0 bridgehead atoms. The third-order valence-corrected chi connectivity index (χ3v) is 6.00. The molecule has 10 heteroatoms. The molecule has 0 aliphatic heterocycles. The van der Waals surface area contributed by atoms with Crippen LogP contribution in [0.5, 0.6) is 5.75 Å². The van der Waals surface area contributed by atoms with Gasteiger partial charge in [0.25, 0.3) is 5.56 Å². The average Bonchev–Trinajstić information content (AvgIpc) is 3.16. The van der Waals surface area contributed by atoms with Crippen molar-refractivity contribution in [2.24, 2.45) is 13.0 Å². The van der Waals surface area contributed by atoms with Crippen LogP contribution in [0.15, 0.2) is 33.9 Å². The van der Waals surface area contributed by atoms with Gasteiger partial charge in [0.2, 0.25) is 5.95 Å². The number of nitrogens with zero attached hydrogens (tertiary/aromatic N) is 3. The highest BCUT2D eigenvalue weighted by atomic mass is 35.5. The molecule has 2 heterocycles. The minimum Gasteiger partial charge on any atom is -0.491 e. The zero-order valence-corrected chi connectivity index (χ0v) is 20.1. The quantitative estimate of drug-likeness (QED) is 0.369. The van der Waals surface area contributed by atoms with Crippen molar-refractivity contribution in [1.82, 2.24) is 19.1 Å². The third-order valence-electron chi connectivity index (χ3n) is 5.75. The van der Waals surface area contributed by atoms with Crippen molar-refractivity contribution in [2.75, 3.05) is 18.5 Å². The summed E-state index contributed by atoms with van der Waals surface area (Å²) in [4.78, 5) is 31.5. The number of halogens is 1. The van der Waals surface area contributed by atoms with Gasteiger partial charge < -0.3 is 19.7 Å². The van der Waals surface area contributed by atoms with Gasteiger partial charge in [0.15, 0.2) is 11.2 Å². The highest BCUT2D eigenvalue weighted by Gasteiger charge is 2.20. The summed E-state index contributed by atoms with van der Waals surface area (Å²) in [6.45, 7) is 5.08. The molecule has 9 nitrogen and oxygen atoms in total. The number of aliphatic hydroxyl groups excluding tert-OH is 1. The summed E-state index contributed by atoms with van der Waals surface area (Å²) in [7, 11) is 1.55. The van der Waals surface area contributed by atoms with E-state index in [0.717, 1.165) is 25.7 Å². The van der Waals surface area contributed by atoms with Gasteiger partial charge in [-0.2, -0.15) is 4.98 Å². The van der Waals surface area contributed by atoms with Gasteiger partial charge in [0.1, 0.15) is 18.5 Å². The number of hydrogen-bond acceptors (Lipinski definition) is 6. The van der Waals surface area contributed by atoms with Crippen molar-refractivity contribution < 1.29 is 9.84 Å². The molecule has 2 atom stereocenters. The first-order valence-electron chi connectivity index (χ1n) is 11.3. The summed E-state index contributed by atoms with van der Waals surface area (Å²) >= 11 is 5.89. The Balaban J connectivity index is 1.84. The predicted molar refractivity (Wildman–Crippen MR) is 130 cm³/mol. The summed E-state index contributed by atoms with van der Waals surface area (Å²) in [5.74, 6) is 1.48. The highest BCUT2D eigenvalue weighted by Crippen LogP contribution is 2.20. The molecular formula is C23H32ClN5O4. The van der Waals surface area contributed by atoms with Crippen molar-refractivity contribution >= 4 is 28.7 Å². The zero-order valence-electron chi connectivity index (χ0n) is 19.3. The SMILES string of the molecule is CCCCC(CC)CNc1nc2c(c(=O)[nH]c(=O)n2C)n1CC(O)COc1ccc(Cl)cc1. The maximum atomic E-state index is 12.6. The number of benzene rings is 1. The minimum atomic E-state index is -0.919. The van der Waals surface area contributed by atoms with Crippen LogP contribution in [0.25, 0.3) is 11.2 Å². The summed E-state index contributed by atoms with van der Waals surface area (Å²) in [5, 5.41) is 14.6. The number of aromatic nitrogens is 4. The molecule has 3 aromatic rings. The molecule has 0 spiro atoms. The number of unbranched alkanes of at least 4 members (excludes halogenated alkanes) is 1. The number of aryl methyl sites for hydroxylation is 1. The second-order valence-electron chi connectivity index (χ2n) is 8.25. The van der Waals surface area contributed by atoms with Gasteiger partial charge in [0, 0.05) is 18.6 Å². The standard InChI is InChI=1S/C23H32ClN5O4/c1-4-6-7-15(5-2)12-25-22-26-20-19(21(31)27-23(32)28(20)3)29(22)13-17(30)14-33-18-10-8-16(24)9-11-18/h8-11,15,17,30H,4-7,12-14H2,1-3H3,(H,25,26)(H,27,31,32). The number of nitrogens with one attached hydrogen (secondary N) is 2. The smallest absolute Gasteiger partial charge is 0.329 e. The number of H-pyrrole nitrogens is 1. The van der Waals surface area contributed by atoms with Crippen LogP contribution in [0.1, 0.15) is 39.5 Å². The van der Waals surface area contributed by atoms with E-state index in [9.17, 15) is 14.7 Å². The average molecular weight is 478 g/mol. The van der Waals surface area contributed by atoms with Crippen LogP contribution in [-0.2, 0) is 13.6 Å². The Kier molecular flexibility index (Phi) is 8.57. The Morgan fingerprint density at radius 1 is 1.24 bits per heavy atom. The summed E-state index contributed by atoms with van der Waals surface area (Å²) in [5.41, 5.74) is -0.590.